The molecule has 0 amide bonds. The van der Waals surface area contributed by atoms with Crippen molar-refractivity contribution in [3.8, 4) is 5.75 Å². The normalized spacial score (nSPS) is 14.1. The molecule has 4 aromatic rings. The summed E-state index contributed by atoms with van der Waals surface area (Å²) in [6.45, 7) is 0. The molecule has 0 aliphatic heterocycles. The first-order chi connectivity index (χ1) is 15.2. The van der Waals surface area contributed by atoms with E-state index in [1.807, 2.05) is 30.3 Å². The van der Waals surface area contributed by atoms with Crippen LogP contribution < -0.4 is 15.4 Å². The Morgan fingerprint density at radius 2 is 1.81 bits per heavy atom. The molecule has 2 aromatic heterocycles. The number of aromatic nitrogens is 4. The summed E-state index contributed by atoms with van der Waals surface area (Å²) in [6.07, 6.45) is 6.19. The van der Waals surface area contributed by atoms with Crippen LogP contribution in [0.5, 0.6) is 5.75 Å². The largest absolute Gasteiger partial charge is 0.497 e. The fraction of sp³-hybridized carbons (Fsp3) is 0.261. The average molecular weight is 418 g/mol. The highest BCUT2D eigenvalue weighted by molar-refractivity contribution is 5.77. The molecule has 0 bridgehead atoms. The van der Waals surface area contributed by atoms with Crippen molar-refractivity contribution in [2.45, 2.75) is 31.7 Å². The summed E-state index contributed by atoms with van der Waals surface area (Å²) in [5.74, 6) is 1.64. The van der Waals surface area contributed by atoms with Crippen molar-refractivity contribution in [1.29, 1.82) is 0 Å². The van der Waals surface area contributed by atoms with E-state index in [0.29, 0.717) is 29.1 Å². The topological polar surface area (TPSA) is 76.9 Å². The van der Waals surface area contributed by atoms with E-state index in [4.69, 9.17) is 14.7 Å². The summed E-state index contributed by atoms with van der Waals surface area (Å²) in [7, 11) is 1.64. The summed E-state index contributed by atoms with van der Waals surface area (Å²) in [4.78, 5) is 13.9. The Morgan fingerprint density at radius 3 is 2.55 bits per heavy atom. The molecule has 1 saturated carbocycles. The maximum absolute atomic E-state index is 13.7. The van der Waals surface area contributed by atoms with Crippen LogP contribution in [0.25, 0.3) is 11.2 Å². The first-order valence-electron chi connectivity index (χ1n) is 10.4. The van der Waals surface area contributed by atoms with Gasteiger partial charge in [0.1, 0.15) is 17.1 Å². The standard InChI is InChI=1S/C23H23FN6O/c1-31-19-11-9-16(10-12-19)26-22-25-14-20-21(29-22)30(18-7-2-3-8-18)23(28-20)27-17-6-4-5-15(24)13-17/h4-6,9-14,18H,2-3,7-8H2,1H3,(H,27,28)(H,25,26,29). The number of hydrogen-bond donors (Lipinski definition) is 2. The van der Waals surface area contributed by atoms with Gasteiger partial charge in [-0.05, 0) is 55.3 Å². The second kappa shape index (κ2) is 8.22. The van der Waals surface area contributed by atoms with Gasteiger partial charge in [-0.25, -0.2) is 14.4 Å². The maximum atomic E-state index is 13.7. The van der Waals surface area contributed by atoms with E-state index < -0.39 is 0 Å². The smallest absolute Gasteiger partial charge is 0.229 e. The van der Waals surface area contributed by atoms with Crippen LogP contribution in [-0.4, -0.2) is 26.6 Å². The Labute approximate surface area is 179 Å². The third kappa shape index (κ3) is 4.01. The van der Waals surface area contributed by atoms with Crippen LogP contribution in [0.2, 0.25) is 0 Å². The SMILES string of the molecule is COc1ccc(Nc2ncc3nc(Nc4cccc(F)c4)n(C4CCCC4)c3n2)cc1. The molecule has 31 heavy (non-hydrogen) atoms. The van der Waals surface area contributed by atoms with Gasteiger partial charge in [-0.1, -0.05) is 18.9 Å². The fourth-order valence-electron chi connectivity index (χ4n) is 4.05. The summed E-state index contributed by atoms with van der Waals surface area (Å²) in [5.41, 5.74) is 2.98. The molecule has 7 nitrogen and oxygen atoms in total. The van der Waals surface area contributed by atoms with Crippen molar-refractivity contribution >= 4 is 34.4 Å². The highest BCUT2D eigenvalue weighted by atomic mass is 19.1. The minimum Gasteiger partial charge on any atom is -0.497 e. The van der Waals surface area contributed by atoms with Gasteiger partial charge in [0.25, 0.3) is 0 Å². The molecule has 0 spiro atoms. The van der Waals surface area contributed by atoms with Crippen LogP contribution in [0.15, 0.2) is 54.7 Å². The van der Waals surface area contributed by atoms with Gasteiger partial charge in [0.05, 0.1) is 13.3 Å². The summed E-state index contributed by atoms with van der Waals surface area (Å²) in [5, 5.41) is 6.51. The van der Waals surface area contributed by atoms with Crippen LogP contribution in [0, 0.1) is 5.82 Å². The molecule has 1 fully saturated rings. The van der Waals surface area contributed by atoms with Crippen LogP contribution in [-0.2, 0) is 0 Å². The van der Waals surface area contributed by atoms with Crippen molar-refractivity contribution in [3.05, 3.63) is 60.5 Å². The lowest BCUT2D eigenvalue weighted by atomic mass is 10.2. The van der Waals surface area contributed by atoms with Crippen molar-refractivity contribution in [1.82, 2.24) is 19.5 Å². The van der Waals surface area contributed by atoms with Crippen molar-refractivity contribution in [2.75, 3.05) is 17.7 Å². The summed E-state index contributed by atoms with van der Waals surface area (Å²) >= 11 is 0. The highest BCUT2D eigenvalue weighted by Gasteiger charge is 2.24. The van der Waals surface area contributed by atoms with E-state index in [9.17, 15) is 4.39 Å². The van der Waals surface area contributed by atoms with Crippen molar-refractivity contribution in [3.63, 3.8) is 0 Å². The number of halogens is 1. The lowest BCUT2D eigenvalue weighted by Crippen LogP contribution is -2.10. The third-order valence-corrected chi connectivity index (χ3v) is 5.55. The van der Waals surface area contributed by atoms with E-state index in [1.165, 1.54) is 25.0 Å². The second-order valence-corrected chi connectivity index (χ2v) is 7.63. The Morgan fingerprint density at radius 1 is 1.00 bits per heavy atom. The molecule has 158 valence electrons. The van der Waals surface area contributed by atoms with Crippen LogP contribution in [0.4, 0.5) is 27.7 Å². The lowest BCUT2D eigenvalue weighted by Gasteiger charge is -2.16. The molecule has 0 saturated heterocycles. The van der Waals surface area contributed by atoms with Gasteiger partial charge in [0.2, 0.25) is 11.9 Å². The van der Waals surface area contributed by atoms with Crippen LogP contribution in [0.3, 0.4) is 0 Å². The number of nitrogens with one attached hydrogen (secondary N) is 2. The molecular weight excluding hydrogens is 395 g/mol. The Hall–Kier alpha value is -3.68. The maximum Gasteiger partial charge on any atom is 0.229 e. The number of benzene rings is 2. The van der Waals surface area contributed by atoms with E-state index in [1.54, 1.807) is 19.4 Å². The minimum absolute atomic E-state index is 0.292. The number of fused-ring (bicyclic) bond motifs is 1. The van der Waals surface area contributed by atoms with Gasteiger partial charge < -0.3 is 15.4 Å². The van der Waals surface area contributed by atoms with E-state index in [0.717, 1.165) is 29.9 Å². The quantitative estimate of drug-likeness (QED) is 0.426. The number of rotatable bonds is 6. The molecule has 8 heteroatoms. The molecule has 1 aliphatic rings. The number of imidazole rings is 1. The van der Waals surface area contributed by atoms with E-state index >= 15 is 0 Å². The predicted molar refractivity (Wildman–Crippen MR) is 119 cm³/mol. The molecule has 1 aliphatic carbocycles. The average Bonchev–Trinajstić information content (AvgIpc) is 3.41. The van der Waals surface area contributed by atoms with Gasteiger partial charge in [-0.3, -0.25) is 4.57 Å². The molecule has 2 heterocycles. The number of hydrogen-bond acceptors (Lipinski definition) is 6. The van der Waals surface area contributed by atoms with Gasteiger partial charge in [-0.2, -0.15) is 4.98 Å². The second-order valence-electron chi connectivity index (χ2n) is 7.63. The molecule has 5 rings (SSSR count). The Balaban J connectivity index is 1.52. The van der Waals surface area contributed by atoms with Crippen LogP contribution in [0.1, 0.15) is 31.7 Å². The first kappa shape index (κ1) is 19.3. The zero-order valence-corrected chi connectivity index (χ0v) is 17.2. The Bertz CT molecular complexity index is 1200. The third-order valence-electron chi connectivity index (χ3n) is 5.55. The molecule has 0 unspecified atom stereocenters. The molecule has 0 radical (unpaired) electrons. The van der Waals surface area contributed by atoms with Gasteiger partial charge in [0, 0.05) is 17.4 Å². The number of anilines is 4. The summed E-state index contributed by atoms with van der Waals surface area (Å²) < 4.78 is 21.0. The number of methoxy groups -OCH3 is 1. The molecular formula is C23H23FN6O. The fourth-order valence-corrected chi connectivity index (χ4v) is 4.05. The first-order valence-corrected chi connectivity index (χ1v) is 10.4. The van der Waals surface area contributed by atoms with Crippen molar-refractivity contribution < 1.29 is 9.13 Å². The molecule has 2 N–H and O–H groups in total. The van der Waals surface area contributed by atoms with E-state index in [-0.39, 0.29) is 5.82 Å². The van der Waals surface area contributed by atoms with Crippen molar-refractivity contribution in [2.24, 2.45) is 0 Å². The zero-order chi connectivity index (χ0) is 21.2. The minimum atomic E-state index is -0.292. The highest BCUT2D eigenvalue weighted by Crippen LogP contribution is 2.36. The van der Waals surface area contributed by atoms with Gasteiger partial charge in [-0.15, -0.1) is 0 Å². The zero-order valence-electron chi connectivity index (χ0n) is 17.2. The molecule has 0 atom stereocenters. The summed E-state index contributed by atoms with van der Waals surface area (Å²) in [6, 6.07) is 14.3. The van der Waals surface area contributed by atoms with E-state index in [2.05, 4.69) is 20.2 Å². The lowest BCUT2D eigenvalue weighted by molar-refractivity contribution is 0.415. The monoisotopic (exact) mass is 418 g/mol. The Kier molecular flexibility index (Phi) is 5.11. The van der Waals surface area contributed by atoms with Gasteiger partial charge in [0.15, 0.2) is 5.65 Å². The molecule has 2 aromatic carbocycles. The predicted octanol–water partition coefficient (Wildman–Crippen LogP) is 5.58. The van der Waals surface area contributed by atoms with Crippen LogP contribution >= 0.6 is 0 Å². The van der Waals surface area contributed by atoms with Gasteiger partial charge >= 0.3 is 0 Å². The number of ether oxygens (including phenoxy) is 1. The number of nitrogens with zero attached hydrogens (tertiary/aromatic N) is 4.